The number of nitrogens with zero attached hydrogens (tertiary/aromatic N) is 1. The number of hydrogen-bond acceptors (Lipinski definition) is 3. The van der Waals surface area contributed by atoms with Gasteiger partial charge in [-0.2, -0.15) is 0 Å². The lowest BCUT2D eigenvalue weighted by Crippen LogP contribution is -2.17. The van der Waals surface area contributed by atoms with Crippen molar-refractivity contribution in [3.63, 3.8) is 0 Å². The molecule has 0 fully saturated rings. The third-order valence-electron chi connectivity index (χ3n) is 4.24. The molecule has 2 aromatic carbocycles. The van der Waals surface area contributed by atoms with E-state index in [0.29, 0.717) is 5.69 Å². The molecule has 2 amide bonds. The Morgan fingerprint density at radius 2 is 1.44 bits per heavy atom. The van der Waals surface area contributed by atoms with Crippen molar-refractivity contribution in [3.05, 3.63) is 89.0 Å². The fourth-order valence-electron chi connectivity index (χ4n) is 2.53. The molecule has 0 bridgehead atoms. The molecule has 0 saturated heterocycles. The van der Waals surface area contributed by atoms with Gasteiger partial charge in [0.1, 0.15) is 5.82 Å². The maximum atomic E-state index is 13.7. The smallest absolute Gasteiger partial charge is 0.257 e. The van der Waals surface area contributed by atoms with Gasteiger partial charge in [-0.05, 0) is 49.2 Å². The van der Waals surface area contributed by atoms with Gasteiger partial charge in [-0.1, -0.05) is 24.3 Å². The molecule has 1 heterocycles. The summed E-state index contributed by atoms with van der Waals surface area (Å²) in [5, 5.41) is 5.29. The van der Waals surface area contributed by atoms with E-state index in [1.165, 1.54) is 36.7 Å². The van der Waals surface area contributed by atoms with E-state index < -0.39 is 11.7 Å². The number of hydrogen-bond donors (Lipinski definition) is 2. The van der Waals surface area contributed by atoms with Crippen LogP contribution < -0.4 is 10.6 Å². The predicted molar refractivity (Wildman–Crippen MR) is 102 cm³/mol. The van der Waals surface area contributed by atoms with Crippen LogP contribution in [0.15, 0.2) is 60.9 Å². The highest BCUT2D eigenvalue weighted by Gasteiger charge is 2.14. The number of rotatable bonds is 4. The summed E-state index contributed by atoms with van der Waals surface area (Å²) in [4.78, 5) is 28.8. The summed E-state index contributed by atoms with van der Waals surface area (Å²) in [6.07, 6.45) is 2.70. The van der Waals surface area contributed by atoms with Crippen molar-refractivity contribution in [2.24, 2.45) is 0 Å². The minimum Gasteiger partial charge on any atom is -0.322 e. The summed E-state index contributed by atoms with van der Waals surface area (Å²) in [5.74, 6) is -1.46. The summed E-state index contributed by atoms with van der Waals surface area (Å²) in [6, 6.07) is 12.9. The van der Waals surface area contributed by atoms with Gasteiger partial charge in [-0.3, -0.25) is 14.6 Å². The van der Waals surface area contributed by atoms with Gasteiger partial charge >= 0.3 is 0 Å². The number of nitrogens with one attached hydrogen (secondary N) is 2. The van der Waals surface area contributed by atoms with Crippen LogP contribution in [0.25, 0.3) is 0 Å². The molecule has 27 heavy (non-hydrogen) atoms. The Morgan fingerprint density at radius 3 is 2.11 bits per heavy atom. The van der Waals surface area contributed by atoms with Crippen molar-refractivity contribution < 1.29 is 14.0 Å². The Balaban J connectivity index is 1.78. The fourth-order valence-corrected chi connectivity index (χ4v) is 2.53. The van der Waals surface area contributed by atoms with Gasteiger partial charge < -0.3 is 10.6 Å². The van der Waals surface area contributed by atoms with Crippen LogP contribution in [0.1, 0.15) is 31.8 Å². The molecule has 3 aromatic rings. The van der Waals surface area contributed by atoms with Gasteiger partial charge in [0.25, 0.3) is 11.8 Å². The molecule has 6 heteroatoms. The number of anilines is 2. The Labute approximate surface area is 156 Å². The van der Waals surface area contributed by atoms with E-state index >= 15 is 0 Å². The van der Waals surface area contributed by atoms with Gasteiger partial charge in [0.2, 0.25) is 0 Å². The van der Waals surface area contributed by atoms with Crippen molar-refractivity contribution in [2.45, 2.75) is 13.8 Å². The predicted octanol–water partition coefficient (Wildman–Crippen LogP) is 4.34. The van der Waals surface area contributed by atoms with E-state index in [0.717, 1.165) is 11.1 Å². The van der Waals surface area contributed by atoms with Gasteiger partial charge in [0.15, 0.2) is 0 Å². The molecule has 3 rings (SSSR count). The third kappa shape index (κ3) is 4.17. The van der Waals surface area contributed by atoms with Gasteiger partial charge in [-0.15, -0.1) is 0 Å². The average Bonchev–Trinajstić information content (AvgIpc) is 2.67. The SMILES string of the molecule is Cc1cccc(NC(=O)c2cncc(C(=O)Nc3ccccc3F)c2)c1C. The second-order valence-corrected chi connectivity index (χ2v) is 6.10. The first-order valence-electron chi connectivity index (χ1n) is 8.34. The van der Waals surface area contributed by atoms with E-state index in [2.05, 4.69) is 15.6 Å². The number of carbonyl (C=O) groups is 2. The molecule has 2 N–H and O–H groups in total. The summed E-state index contributed by atoms with van der Waals surface area (Å²) < 4.78 is 13.7. The molecular formula is C21H18FN3O2. The molecule has 0 atom stereocenters. The zero-order valence-corrected chi connectivity index (χ0v) is 14.9. The van der Waals surface area contributed by atoms with E-state index in [-0.39, 0.29) is 22.7 Å². The molecule has 5 nitrogen and oxygen atoms in total. The Bertz CT molecular complexity index is 1020. The first kappa shape index (κ1) is 18.3. The van der Waals surface area contributed by atoms with Crippen molar-refractivity contribution in [2.75, 3.05) is 10.6 Å². The maximum Gasteiger partial charge on any atom is 0.257 e. The molecular weight excluding hydrogens is 345 g/mol. The zero-order valence-electron chi connectivity index (χ0n) is 14.9. The first-order chi connectivity index (χ1) is 13.0. The van der Waals surface area contributed by atoms with Crippen LogP contribution in [0.2, 0.25) is 0 Å². The minimum absolute atomic E-state index is 0.0627. The highest BCUT2D eigenvalue weighted by Crippen LogP contribution is 2.19. The second kappa shape index (κ2) is 7.78. The number of aryl methyl sites for hydroxylation is 1. The largest absolute Gasteiger partial charge is 0.322 e. The lowest BCUT2D eigenvalue weighted by atomic mass is 10.1. The molecule has 0 unspecified atom stereocenters. The lowest BCUT2D eigenvalue weighted by Gasteiger charge is -2.11. The number of carbonyl (C=O) groups excluding carboxylic acids is 2. The maximum absolute atomic E-state index is 13.7. The molecule has 0 spiro atoms. The normalized spacial score (nSPS) is 10.3. The molecule has 0 aliphatic rings. The van der Waals surface area contributed by atoms with Crippen LogP contribution in [0.5, 0.6) is 0 Å². The van der Waals surface area contributed by atoms with Gasteiger partial charge in [0, 0.05) is 18.1 Å². The number of pyridine rings is 1. The van der Waals surface area contributed by atoms with Crippen LogP contribution in [0.4, 0.5) is 15.8 Å². The monoisotopic (exact) mass is 363 g/mol. The van der Waals surface area contributed by atoms with Crippen LogP contribution in [0.3, 0.4) is 0 Å². The Kier molecular flexibility index (Phi) is 5.26. The quantitative estimate of drug-likeness (QED) is 0.724. The van der Waals surface area contributed by atoms with E-state index in [9.17, 15) is 14.0 Å². The minimum atomic E-state index is -0.547. The van der Waals surface area contributed by atoms with Crippen LogP contribution in [0, 0.1) is 19.7 Å². The standard InChI is InChI=1S/C21H18FN3O2/c1-13-6-5-9-18(14(13)2)24-20(26)15-10-16(12-23-11-15)21(27)25-19-8-4-3-7-17(19)22/h3-12H,1-2H3,(H,24,26)(H,25,27). The molecule has 0 aliphatic heterocycles. The topological polar surface area (TPSA) is 71.1 Å². The first-order valence-corrected chi connectivity index (χ1v) is 8.34. The summed E-state index contributed by atoms with van der Waals surface area (Å²) in [6.45, 7) is 3.88. The van der Waals surface area contributed by atoms with Crippen LogP contribution in [-0.4, -0.2) is 16.8 Å². The fraction of sp³-hybridized carbons (Fsp3) is 0.0952. The van der Waals surface area contributed by atoms with Crippen molar-refractivity contribution in [1.82, 2.24) is 4.98 Å². The summed E-state index contributed by atoms with van der Waals surface area (Å²) in [7, 11) is 0. The third-order valence-corrected chi connectivity index (χ3v) is 4.24. The van der Waals surface area contributed by atoms with Crippen molar-refractivity contribution >= 4 is 23.2 Å². The number of para-hydroxylation sites is 1. The second-order valence-electron chi connectivity index (χ2n) is 6.10. The average molecular weight is 363 g/mol. The lowest BCUT2D eigenvalue weighted by molar-refractivity contribution is 0.102. The highest BCUT2D eigenvalue weighted by molar-refractivity contribution is 6.08. The molecule has 0 radical (unpaired) electrons. The highest BCUT2D eigenvalue weighted by atomic mass is 19.1. The van der Waals surface area contributed by atoms with E-state index in [1.807, 2.05) is 32.0 Å². The molecule has 136 valence electrons. The van der Waals surface area contributed by atoms with E-state index in [1.54, 1.807) is 6.07 Å². The van der Waals surface area contributed by atoms with Crippen molar-refractivity contribution in [3.8, 4) is 0 Å². The molecule has 0 aliphatic carbocycles. The number of benzene rings is 2. The number of aromatic nitrogens is 1. The Morgan fingerprint density at radius 1 is 0.852 bits per heavy atom. The molecule has 0 saturated carbocycles. The summed E-state index contributed by atoms with van der Waals surface area (Å²) >= 11 is 0. The summed E-state index contributed by atoms with van der Waals surface area (Å²) in [5.41, 5.74) is 3.18. The van der Waals surface area contributed by atoms with Gasteiger partial charge in [-0.25, -0.2) is 4.39 Å². The van der Waals surface area contributed by atoms with Crippen LogP contribution in [-0.2, 0) is 0 Å². The van der Waals surface area contributed by atoms with Crippen LogP contribution >= 0.6 is 0 Å². The molecule has 1 aromatic heterocycles. The zero-order chi connectivity index (χ0) is 19.4. The number of halogens is 1. The van der Waals surface area contributed by atoms with Crippen molar-refractivity contribution in [1.29, 1.82) is 0 Å². The van der Waals surface area contributed by atoms with E-state index in [4.69, 9.17) is 0 Å². The Hall–Kier alpha value is -3.54. The van der Waals surface area contributed by atoms with Gasteiger partial charge in [0.05, 0.1) is 16.8 Å². The number of amides is 2.